The van der Waals surface area contributed by atoms with Crippen molar-refractivity contribution in [1.82, 2.24) is 0 Å². The largest absolute Gasteiger partial charge is 0.388 e. The Morgan fingerprint density at radius 1 is 0.409 bits per heavy atom. The molecule has 0 heterocycles. The fourth-order valence-corrected chi connectivity index (χ4v) is 2.51. The summed E-state index contributed by atoms with van der Waals surface area (Å²) >= 11 is 0. The lowest BCUT2D eigenvalue weighted by molar-refractivity contribution is 1.50. The van der Waals surface area contributed by atoms with Gasteiger partial charge in [-0.2, -0.15) is 0 Å². The number of nitrogens with one attached hydrogen (secondary N) is 2. The van der Waals surface area contributed by atoms with E-state index in [1.807, 2.05) is 14.1 Å². The molecule has 0 spiro atoms. The van der Waals surface area contributed by atoms with Gasteiger partial charge in [0.15, 0.2) is 0 Å². The molecular weight excluding hydrogens is 268 g/mol. The smallest absolute Gasteiger partial charge is 0.0337 e. The van der Waals surface area contributed by atoms with Gasteiger partial charge in [-0.1, -0.05) is 48.5 Å². The van der Waals surface area contributed by atoms with Crippen LogP contribution in [0, 0.1) is 0 Å². The van der Waals surface area contributed by atoms with Crippen LogP contribution in [0.5, 0.6) is 0 Å². The highest BCUT2D eigenvalue weighted by atomic mass is 14.8. The topological polar surface area (TPSA) is 24.1 Å². The molecule has 0 atom stereocenters. The molecule has 0 radical (unpaired) electrons. The van der Waals surface area contributed by atoms with Crippen molar-refractivity contribution in [3.05, 3.63) is 72.8 Å². The molecule has 0 saturated carbocycles. The van der Waals surface area contributed by atoms with Gasteiger partial charge in [-0.25, -0.2) is 0 Å². The minimum Gasteiger partial charge on any atom is -0.388 e. The summed E-state index contributed by atoms with van der Waals surface area (Å²) in [7, 11) is 3.87. The van der Waals surface area contributed by atoms with Gasteiger partial charge in [-0.15, -0.1) is 0 Å². The predicted octanol–water partition coefficient (Wildman–Crippen LogP) is 5.10. The summed E-state index contributed by atoms with van der Waals surface area (Å²) in [5.74, 6) is 0. The van der Waals surface area contributed by atoms with Gasteiger partial charge in [0.25, 0.3) is 0 Å². The fourth-order valence-electron chi connectivity index (χ4n) is 2.51. The third-order valence-electron chi connectivity index (χ3n) is 3.90. The Bertz CT molecular complexity index is 660. The van der Waals surface area contributed by atoms with Crippen LogP contribution in [-0.4, -0.2) is 14.1 Å². The highest BCUT2D eigenvalue weighted by Gasteiger charge is 2.01. The van der Waals surface area contributed by atoms with Crippen LogP contribution in [0.25, 0.3) is 22.3 Å². The second kappa shape index (κ2) is 6.35. The third-order valence-corrected chi connectivity index (χ3v) is 3.90. The van der Waals surface area contributed by atoms with Gasteiger partial charge in [0.05, 0.1) is 0 Å². The minimum absolute atomic E-state index is 1.13. The van der Waals surface area contributed by atoms with Crippen molar-refractivity contribution in [3.63, 3.8) is 0 Å². The minimum atomic E-state index is 1.13. The molecule has 3 aromatic carbocycles. The maximum Gasteiger partial charge on any atom is 0.0337 e. The zero-order valence-corrected chi connectivity index (χ0v) is 12.9. The van der Waals surface area contributed by atoms with Crippen LogP contribution in [0.4, 0.5) is 11.4 Å². The SMILES string of the molecule is CNc1ccc(-c2ccc(-c3ccc(NC)cc3)cc2)cc1. The molecule has 0 aliphatic carbocycles. The zero-order chi connectivity index (χ0) is 15.4. The van der Waals surface area contributed by atoms with Crippen LogP contribution < -0.4 is 10.6 Å². The van der Waals surface area contributed by atoms with E-state index in [9.17, 15) is 0 Å². The molecule has 2 nitrogen and oxygen atoms in total. The lowest BCUT2D eigenvalue weighted by Gasteiger charge is -2.07. The Morgan fingerprint density at radius 3 is 0.864 bits per heavy atom. The Morgan fingerprint density at radius 2 is 0.636 bits per heavy atom. The normalized spacial score (nSPS) is 10.3. The standard InChI is InChI=1S/C20H20N2/c1-21-19-11-7-17(8-12-19)15-3-5-16(6-4-15)18-9-13-20(22-2)14-10-18/h3-14,21-22H,1-2H3. The zero-order valence-electron chi connectivity index (χ0n) is 12.9. The first kappa shape index (κ1) is 14.2. The van der Waals surface area contributed by atoms with Gasteiger partial charge in [0, 0.05) is 25.5 Å². The van der Waals surface area contributed by atoms with Crippen molar-refractivity contribution in [2.75, 3.05) is 24.7 Å². The summed E-state index contributed by atoms with van der Waals surface area (Å²) in [6.07, 6.45) is 0. The Balaban J connectivity index is 1.84. The van der Waals surface area contributed by atoms with Crippen LogP contribution in [0.3, 0.4) is 0 Å². The van der Waals surface area contributed by atoms with Crippen LogP contribution >= 0.6 is 0 Å². The van der Waals surface area contributed by atoms with Crippen LogP contribution in [0.2, 0.25) is 0 Å². The molecule has 2 heteroatoms. The molecule has 0 aliphatic rings. The number of anilines is 2. The molecule has 0 unspecified atom stereocenters. The Kier molecular flexibility index (Phi) is 4.10. The van der Waals surface area contributed by atoms with E-state index in [0.29, 0.717) is 0 Å². The van der Waals surface area contributed by atoms with Gasteiger partial charge in [0.1, 0.15) is 0 Å². The molecule has 0 aliphatic heterocycles. The number of hydrogen-bond acceptors (Lipinski definition) is 2. The monoisotopic (exact) mass is 288 g/mol. The van der Waals surface area contributed by atoms with Crippen LogP contribution in [0.15, 0.2) is 72.8 Å². The highest BCUT2D eigenvalue weighted by Crippen LogP contribution is 2.26. The van der Waals surface area contributed by atoms with Crippen molar-refractivity contribution in [3.8, 4) is 22.3 Å². The van der Waals surface area contributed by atoms with Gasteiger partial charge in [-0.05, 0) is 46.5 Å². The van der Waals surface area contributed by atoms with Gasteiger partial charge in [0.2, 0.25) is 0 Å². The molecule has 0 fully saturated rings. The quantitative estimate of drug-likeness (QED) is 0.697. The second-order valence-electron chi connectivity index (χ2n) is 5.23. The van der Waals surface area contributed by atoms with E-state index in [4.69, 9.17) is 0 Å². The molecule has 3 aromatic rings. The lowest BCUT2D eigenvalue weighted by atomic mass is 10.00. The van der Waals surface area contributed by atoms with E-state index in [1.165, 1.54) is 22.3 Å². The molecule has 0 amide bonds. The molecule has 110 valence electrons. The summed E-state index contributed by atoms with van der Waals surface area (Å²) in [5.41, 5.74) is 7.19. The third kappa shape index (κ3) is 2.96. The van der Waals surface area contributed by atoms with Gasteiger partial charge >= 0.3 is 0 Å². The predicted molar refractivity (Wildman–Crippen MR) is 96.4 cm³/mol. The Hall–Kier alpha value is -2.74. The second-order valence-corrected chi connectivity index (χ2v) is 5.23. The molecule has 0 aromatic heterocycles. The van der Waals surface area contributed by atoms with Crippen molar-refractivity contribution < 1.29 is 0 Å². The van der Waals surface area contributed by atoms with Gasteiger partial charge < -0.3 is 10.6 Å². The molecule has 22 heavy (non-hydrogen) atoms. The molecular formula is C20H20N2. The molecule has 0 bridgehead atoms. The summed E-state index contributed by atoms with van der Waals surface area (Å²) in [6.45, 7) is 0. The number of hydrogen-bond donors (Lipinski definition) is 2. The van der Waals surface area contributed by atoms with E-state index in [-0.39, 0.29) is 0 Å². The van der Waals surface area contributed by atoms with Gasteiger partial charge in [-0.3, -0.25) is 0 Å². The van der Waals surface area contributed by atoms with E-state index in [1.54, 1.807) is 0 Å². The van der Waals surface area contributed by atoms with Crippen molar-refractivity contribution >= 4 is 11.4 Å². The van der Waals surface area contributed by atoms with Crippen LogP contribution in [0.1, 0.15) is 0 Å². The van der Waals surface area contributed by atoms with Crippen molar-refractivity contribution in [2.24, 2.45) is 0 Å². The first-order valence-corrected chi connectivity index (χ1v) is 7.46. The lowest BCUT2D eigenvalue weighted by Crippen LogP contribution is -1.87. The highest BCUT2D eigenvalue weighted by molar-refractivity contribution is 5.72. The Labute approximate surface area is 131 Å². The molecule has 0 saturated heterocycles. The van der Waals surface area contributed by atoms with Crippen LogP contribution in [-0.2, 0) is 0 Å². The average Bonchev–Trinajstić information content (AvgIpc) is 2.62. The molecule has 2 N–H and O–H groups in total. The number of rotatable bonds is 4. The maximum atomic E-state index is 3.14. The fraction of sp³-hybridized carbons (Fsp3) is 0.100. The summed E-state index contributed by atoms with van der Waals surface area (Å²) in [4.78, 5) is 0. The number of benzene rings is 3. The first-order chi connectivity index (χ1) is 10.8. The van der Waals surface area contributed by atoms with Crippen molar-refractivity contribution in [1.29, 1.82) is 0 Å². The van der Waals surface area contributed by atoms with Crippen molar-refractivity contribution in [2.45, 2.75) is 0 Å². The van der Waals surface area contributed by atoms with E-state index in [0.717, 1.165) is 11.4 Å². The van der Waals surface area contributed by atoms with E-state index in [2.05, 4.69) is 83.4 Å². The summed E-state index contributed by atoms with van der Waals surface area (Å²) in [5, 5.41) is 6.28. The van der Waals surface area contributed by atoms with E-state index < -0.39 is 0 Å². The summed E-state index contributed by atoms with van der Waals surface area (Å²) in [6, 6.07) is 25.7. The average molecular weight is 288 g/mol. The van der Waals surface area contributed by atoms with E-state index >= 15 is 0 Å². The maximum absolute atomic E-state index is 3.14. The summed E-state index contributed by atoms with van der Waals surface area (Å²) < 4.78 is 0. The molecule has 3 rings (SSSR count). The first-order valence-electron chi connectivity index (χ1n) is 7.46.